The third-order valence-corrected chi connectivity index (χ3v) is 4.02. The van der Waals surface area contributed by atoms with Crippen molar-refractivity contribution in [3.8, 4) is 5.75 Å². The summed E-state index contributed by atoms with van der Waals surface area (Å²) in [6.45, 7) is 0.571. The fourth-order valence-corrected chi connectivity index (χ4v) is 2.74. The summed E-state index contributed by atoms with van der Waals surface area (Å²) in [4.78, 5) is 0. The van der Waals surface area contributed by atoms with Crippen molar-refractivity contribution in [3.63, 3.8) is 0 Å². The number of halogens is 2. The number of hydrogen-bond acceptors (Lipinski definition) is 2. The van der Waals surface area contributed by atoms with Gasteiger partial charge in [-0.05, 0) is 35.4 Å². The van der Waals surface area contributed by atoms with Gasteiger partial charge in [-0.2, -0.15) is 0 Å². The molecule has 2 aromatic carbocycles. The molecule has 0 heterocycles. The van der Waals surface area contributed by atoms with E-state index >= 15 is 0 Å². The summed E-state index contributed by atoms with van der Waals surface area (Å²) < 4.78 is 12.1. The number of rotatable bonds is 6. The molecule has 0 aliphatic carbocycles. The van der Waals surface area contributed by atoms with E-state index in [1.807, 2.05) is 42.5 Å². The average Bonchev–Trinajstić information content (AvgIpc) is 2.50. The van der Waals surface area contributed by atoms with Crippen molar-refractivity contribution >= 4 is 34.2 Å². The molecule has 0 saturated carbocycles. The number of hydrogen-bond donors (Lipinski definition) is 0. The zero-order valence-electron chi connectivity index (χ0n) is 11.2. The maximum atomic E-state index is 6.00. The van der Waals surface area contributed by atoms with Gasteiger partial charge in [0.25, 0.3) is 0 Å². The number of alkyl halides is 1. The molecular weight excluding hydrogens is 387 g/mol. The van der Waals surface area contributed by atoms with Gasteiger partial charge in [-0.1, -0.05) is 58.5 Å². The summed E-state index contributed by atoms with van der Waals surface area (Å²) >= 11 is 8.21. The van der Waals surface area contributed by atoms with Crippen molar-refractivity contribution in [2.24, 2.45) is 0 Å². The molecule has 20 heavy (non-hydrogen) atoms. The van der Waals surface area contributed by atoms with Crippen molar-refractivity contribution in [1.29, 1.82) is 0 Å². The number of ether oxygens (including phenoxy) is 2. The molecule has 0 saturated heterocycles. The van der Waals surface area contributed by atoms with Crippen LogP contribution in [-0.4, -0.2) is 11.5 Å². The molecule has 0 radical (unpaired) electrons. The van der Waals surface area contributed by atoms with Gasteiger partial charge in [0.15, 0.2) is 0 Å². The fraction of sp³-hybridized carbons (Fsp3) is 0.250. The second kappa shape index (κ2) is 7.86. The molecule has 0 amide bonds. The Morgan fingerprint density at radius 3 is 2.55 bits per heavy atom. The Morgan fingerprint density at radius 1 is 1.15 bits per heavy atom. The third kappa shape index (κ3) is 4.36. The highest BCUT2D eigenvalue weighted by atomic mass is 127. The van der Waals surface area contributed by atoms with Crippen LogP contribution < -0.4 is 4.74 Å². The average molecular weight is 403 g/mol. The summed E-state index contributed by atoms with van der Waals surface area (Å²) in [6.07, 6.45) is 0.0568. The lowest BCUT2D eigenvalue weighted by molar-refractivity contribution is 0.0576. The van der Waals surface area contributed by atoms with Crippen LogP contribution in [0.5, 0.6) is 5.75 Å². The topological polar surface area (TPSA) is 18.5 Å². The van der Waals surface area contributed by atoms with Crippen LogP contribution in [0.2, 0.25) is 5.02 Å². The molecule has 0 bridgehead atoms. The summed E-state index contributed by atoms with van der Waals surface area (Å²) in [7, 11) is 1.67. The van der Waals surface area contributed by atoms with Crippen LogP contribution in [0.4, 0.5) is 0 Å². The molecule has 0 aliphatic heterocycles. The molecular formula is C16H16ClIO2. The van der Waals surface area contributed by atoms with Crippen molar-refractivity contribution in [3.05, 3.63) is 64.7 Å². The molecule has 0 fully saturated rings. The van der Waals surface area contributed by atoms with E-state index in [4.69, 9.17) is 21.1 Å². The Morgan fingerprint density at radius 2 is 1.90 bits per heavy atom. The van der Waals surface area contributed by atoms with Crippen LogP contribution in [0.25, 0.3) is 0 Å². The number of methoxy groups -OCH3 is 1. The predicted octanol–water partition coefficient (Wildman–Crippen LogP) is 5.04. The Labute approximate surface area is 138 Å². The molecule has 0 aliphatic rings. The van der Waals surface area contributed by atoms with Crippen LogP contribution in [0.1, 0.15) is 17.2 Å². The molecule has 2 rings (SSSR count). The Balaban J connectivity index is 2.03. The highest BCUT2D eigenvalue weighted by Gasteiger charge is 2.11. The van der Waals surface area contributed by atoms with Gasteiger partial charge in [0.2, 0.25) is 0 Å². The van der Waals surface area contributed by atoms with E-state index in [2.05, 4.69) is 28.7 Å². The van der Waals surface area contributed by atoms with E-state index in [0.717, 1.165) is 26.3 Å². The first-order valence-electron chi connectivity index (χ1n) is 6.29. The van der Waals surface area contributed by atoms with Crippen LogP contribution >= 0.6 is 34.2 Å². The van der Waals surface area contributed by atoms with Gasteiger partial charge in [0, 0.05) is 9.45 Å². The number of benzene rings is 2. The first kappa shape index (κ1) is 15.6. The Kier molecular flexibility index (Phi) is 6.13. The van der Waals surface area contributed by atoms with E-state index in [9.17, 15) is 0 Å². The minimum Gasteiger partial charge on any atom is -0.497 e. The van der Waals surface area contributed by atoms with Gasteiger partial charge < -0.3 is 9.47 Å². The zero-order valence-corrected chi connectivity index (χ0v) is 14.1. The maximum absolute atomic E-state index is 6.00. The second-order valence-corrected chi connectivity index (χ2v) is 5.67. The third-order valence-electron chi connectivity index (χ3n) is 2.97. The minimum atomic E-state index is 0.0568. The standard InChI is InChI=1S/C16H16ClIO2/c1-19-15-4-2-3-13(9-15)16(10-18)20-11-12-5-7-14(17)8-6-12/h2-9,16H,10-11H2,1H3. The molecule has 0 N–H and O–H groups in total. The monoisotopic (exact) mass is 402 g/mol. The highest BCUT2D eigenvalue weighted by molar-refractivity contribution is 14.1. The van der Waals surface area contributed by atoms with Gasteiger partial charge in [0.1, 0.15) is 5.75 Å². The van der Waals surface area contributed by atoms with Gasteiger partial charge in [-0.3, -0.25) is 0 Å². The summed E-state index contributed by atoms with van der Waals surface area (Å²) in [5.41, 5.74) is 2.25. The van der Waals surface area contributed by atoms with E-state index in [1.165, 1.54) is 0 Å². The molecule has 2 nitrogen and oxygen atoms in total. The maximum Gasteiger partial charge on any atom is 0.119 e. The SMILES string of the molecule is COc1cccc(C(CI)OCc2ccc(Cl)cc2)c1. The highest BCUT2D eigenvalue weighted by Crippen LogP contribution is 2.25. The van der Waals surface area contributed by atoms with E-state index < -0.39 is 0 Å². The van der Waals surface area contributed by atoms with E-state index in [1.54, 1.807) is 7.11 Å². The first-order valence-corrected chi connectivity index (χ1v) is 8.19. The normalized spacial score (nSPS) is 12.2. The van der Waals surface area contributed by atoms with Crippen molar-refractivity contribution in [2.45, 2.75) is 12.7 Å². The van der Waals surface area contributed by atoms with Gasteiger partial charge in [-0.25, -0.2) is 0 Å². The molecule has 4 heteroatoms. The lowest BCUT2D eigenvalue weighted by atomic mass is 10.1. The van der Waals surface area contributed by atoms with E-state index in [-0.39, 0.29) is 6.10 Å². The molecule has 0 aromatic heterocycles. The molecule has 106 valence electrons. The second-order valence-electron chi connectivity index (χ2n) is 4.36. The first-order chi connectivity index (χ1) is 9.72. The predicted molar refractivity (Wildman–Crippen MR) is 90.9 cm³/mol. The lowest BCUT2D eigenvalue weighted by Crippen LogP contribution is -2.06. The molecule has 0 spiro atoms. The largest absolute Gasteiger partial charge is 0.497 e. The van der Waals surface area contributed by atoms with Crippen molar-refractivity contribution in [2.75, 3.05) is 11.5 Å². The Hall–Kier alpha value is -0.780. The fourth-order valence-electron chi connectivity index (χ4n) is 1.85. The molecule has 1 atom stereocenters. The van der Waals surface area contributed by atoms with Crippen LogP contribution in [0.3, 0.4) is 0 Å². The van der Waals surface area contributed by atoms with Gasteiger partial charge in [-0.15, -0.1) is 0 Å². The smallest absolute Gasteiger partial charge is 0.119 e. The van der Waals surface area contributed by atoms with Crippen LogP contribution in [0.15, 0.2) is 48.5 Å². The zero-order chi connectivity index (χ0) is 14.4. The quantitative estimate of drug-likeness (QED) is 0.498. The minimum absolute atomic E-state index is 0.0568. The van der Waals surface area contributed by atoms with Crippen molar-refractivity contribution in [1.82, 2.24) is 0 Å². The Bertz CT molecular complexity index is 542. The summed E-state index contributed by atoms with van der Waals surface area (Å²) in [5.74, 6) is 0.854. The molecule has 1 unspecified atom stereocenters. The van der Waals surface area contributed by atoms with Crippen molar-refractivity contribution < 1.29 is 9.47 Å². The summed E-state index contributed by atoms with van der Waals surface area (Å²) in [6, 6.07) is 15.7. The van der Waals surface area contributed by atoms with Crippen LogP contribution in [-0.2, 0) is 11.3 Å². The molecule has 2 aromatic rings. The van der Waals surface area contributed by atoms with E-state index in [0.29, 0.717) is 6.61 Å². The van der Waals surface area contributed by atoms with Gasteiger partial charge in [0.05, 0.1) is 19.8 Å². The van der Waals surface area contributed by atoms with Crippen LogP contribution in [0, 0.1) is 0 Å². The lowest BCUT2D eigenvalue weighted by Gasteiger charge is -2.16. The summed E-state index contributed by atoms with van der Waals surface area (Å²) in [5, 5.41) is 0.743. The van der Waals surface area contributed by atoms with Gasteiger partial charge >= 0.3 is 0 Å².